The van der Waals surface area contributed by atoms with Crippen molar-refractivity contribution in [3.05, 3.63) is 35.9 Å². The van der Waals surface area contributed by atoms with Crippen molar-refractivity contribution < 1.29 is 14.3 Å². The number of methoxy groups -OCH3 is 2. The van der Waals surface area contributed by atoms with Crippen LogP contribution >= 0.6 is 0 Å². The highest BCUT2D eigenvalue weighted by molar-refractivity contribution is 5.74. The van der Waals surface area contributed by atoms with Gasteiger partial charge in [0, 0.05) is 20.6 Å². The van der Waals surface area contributed by atoms with Crippen LogP contribution in [-0.2, 0) is 13.5 Å². The average Bonchev–Trinajstić information content (AvgIpc) is 3.05. The molecule has 0 radical (unpaired) electrons. The van der Waals surface area contributed by atoms with Gasteiger partial charge in [0.25, 0.3) is 0 Å². The molecule has 0 aliphatic rings. The van der Waals surface area contributed by atoms with Crippen LogP contribution in [-0.4, -0.2) is 53.5 Å². The van der Waals surface area contributed by atoms with Crippen LogP contribution in [0.1, 0.15) is 24.4 Å². The van der Waals surface area contributed by atoms with Crippen LogP contribution in [0.4, 0.5) is 4.79 Å². The van der Waals surface area contributed by atoms with E-state index < -0.39 is 0 Å². The van der Waals surface area contributed by atoms with Crippen LogP contribution < -0.4 is 14.8 Å². The van der Waals surface area contributed by atoms with Gasteiger partial charge in [-0.05, 0) is 31.0 Å². The number of benzene rings is 1. The lowest BCUT2D eigenvalue weighted by atomic mass is 10.1. The zero-order chi connectivity index (χ0) is 18.4. The van der Waals surface area contributed by atoms with Gasteiger partial charge in [-0.2, -0.15) is 5.10 Å². The van der Waals surface area contributed by atoms with Gasteiger partial charge in [0.2, 0.25) is 0 Å². The molecule has 1 aromatic carbocycles. The van der Waals surface area contributed by atoms with Crippen LogP contribution in [0.2, 0.25) is 0 Å². The standard InChI is InChI=1S/C17H25N5O3/c1-12(16-18-11-19-22(16)3)20-17(23)21(2)9-8-13-6-7-14(24-4)15(10-13)25-5/h6-7,10-12H,8-9H2,1-5H3,(H,20,23)/t12-/m0/s1. The van der Waals surface area contributed by atoms with Gasteiger partial charge in [0.1, 0.15) is 12.2 Å². The van der Waals surface area contributed by atoms with Crippen molar-refractivity contribution in [3.8, 4) is 11.5 Å². The van der Waals surface area contributed by atoms with E-state index in [9.17, 15) is 4.79 Å². The monoisotopic (exact) mass is 347 g/mol. The molecule has 0 fully saturated rings. The number of hydrogen-bond acceptors (Lipinski definition) is 5. The van der Waals surface area contributed by atoms with Gasteiger partial charge >= 0.3 is 6.03 Å². The Balaban J connectivity index is 1.90. The number of aromatic nitrogens is 3. The highest BCUT2D eigenvalue weighted by Gasteiger charge is 2.16. The maximum atomic E-state index is 12.3. The van der Waals surface area contributed by atoms with E-state index in [-0.39, 0.29) is 12.1 Å². The molecule has 0 unspecified atom stereocenters. The van der Waals surface area contributed by atoms with E-state index in [0.717, 1.165) is 5.56 Å². The Morgan fingerprint density at radius 2 is 2.04 bits per heavy atom. The number of carbonyl (C=O) groups excluding carboxylic acids is 1. The summed E-state index contributed by atoms with van der Waals surface area (Å²) in [6, 6.07) is 5.38. The normalized spacial score (nSPS) is 11.7. The van der Waals surface area contributed by atoms with E-state index in [1.807, 2.05) is 25.1 Å². The molecule has 0 aliphatic heterocycles. The Kier molecular flexibility index (Phi) is 6.21. The Bertz CT molecular complexity index is 716. The molecule has 1 heterocycles. The van der Waals surface area contributed by atoms with E-state index >= 15 is 0 Å². The lowest BCUT2D eigenvalue weighted by Crippen LogP contribution is -2.40. The summed E-state index contributed by atoms with van der Waals surface area (Å²) in [5.74, 6) is 2.08. The quantitative estimate of drug-likeness (QED) is 0.826. The number of rotatable bonds is 7. The van der Waals surface area contributed by atoms with Crippen LogP contribution in [0.15, 0.2) is 24.5 Å². The van der Waals surface area contributed by atoms with E-state index in [1.54, 1.807) is 37.9 Å². The Hall–Kier alpha value is -2.77. The fraction of sp³-hybridized carbons (Fsp3) is 0.471. The van der Waals surface area contributed by atoms with Crippen LogP contribution in [0.5, 0.6) is 11.5 Å². The summed E-state index contributed by atoms with van der Waals surface area (Å²) in [5.41, 5.74) is 1.07. The number of nitrogens with zero attached hydrogens (tertiary/aromatic N) is 4. The zero-order valence-corrected chi connectivity index (χ0v) is 15.3. The topological polar surface area (TPSA) is 81.5 Å². The minimum Gasteiger partial charge on any atom is -0.493 e. The Morgan fingerprint density at radius 1 is 1.32 bits per heavy atom. The third-order valence-corrected chi connectivity index (χ3v) is 4.00. The van der Waals surface area contributed by atoms with E-state index in [1.165, 1.54) is 6.33 Å². The summed E-state index contributed by atoms with van der Waals surface area (Å²) in [6.45, 7) is 2.46. The van der Waals surface area contributed by atoms with Gasteiger partial charge in [-0.25, -0.2) is 9.78 Å². The van der Waals surface area contributed by atoms with Gasteiger partial charge in [0.05, 0.1) is 20.3 Å². The molecule has 1 N–H and O–H groups in total. The Labute approximate surface area is 147 Å². The minimum absolute atomic E-state index is 0.157. The van der Waals surface area contributed by atoms with Crippen molar-refractivity contribution in [2.24, 2.45) is 7.05 Å². The summed E-state index contributed by atoms with van der Waals surface area (Å²) in [4.78, 5) is 18.1. The zero-order valence-electron chi connectivity index (χ0n) is 15.3. The molecule has 2 rings (SSSR count). The van der Waals surface area contributed by atoms with Crippen molar-refractivity contribution in [3.63, 3.8) is 0 Å². The molecule has 0 aliphatic carbocycles. The SMILES string of the molecule is COc1ccc(CCN(C)C(=O)N[C@@H](C)c2ncnn2C)cc1OC. The van der Waals surface area contributed by atoms with E-state index in [2.05, 4.69) is 15.4 Å². The molecule has 0 saturated carbocycles. The van der Waals surface area contributed by atoms with Gasteiger partial charge < -0.3 is 19.7 Å². The number of urea groups is 1. The van der Waals surface area contributed by atoms with Crippen LogP contribution in [0, 0.1) is 0 Å². The number of aryl methyl sites for hydroxylation is 1. The lowest BCUT2D eigenvalue weighted by molar-refractivity contribution is 0.205. The second-order valence-corrected chi connectivity index (χ2v) is 5.77. The molecule has 8 heteroatoms. The maximum Gasteiger partial charge on any atom is 0.317 e. The van der Waals surface area contributed by atoms with Crippen LogP contribution in [0.25, 0.3) is 0 Å². The summed E-state index contributed by atoms with van der Waals surface area (Å²) < 4.78 is 12.2. The van der Waals surface area contributed by atoms with E-state index in [4.69, 9.17) is 9.47 Å². The Morgan fingerprint density at radius 3 is 2.64 bits per heavy atom. The summed E-state index contributed by atoms with van der Waals surface area (Å²) in [6.07, 6.45) is 2.18. The summed E-state index contributed by atoms with van der Waals surface area (Å²) >= 11 is 0. The first-order chi connectivity index (χ1) is 12.0. The molecule has 136 valence electrons. The lowest BCUT2D eigenvalue weighted by Gasteiger charge is -2.21. The molecule has 2 aromatic rings. The highest BCUT2D eigenvalue weighted by Crippen LogP contribution is 2.27. The van der Waals surface area contributed by atoms with Crippen molar-refractivity contribution in [2.45, 2.75) is 19.4 Å². The van der Waals surface area contributed by atoms with Gasteiger partial charge in [0.15, 0.2) is 11.5 Å². The molecule has 1 atom stereocenters. The summed E-state index contributed by atoms with van der Waals surface area (Å²) in [7, 11) is 6.77. The molecule has 25 heavy (non-hydrogen) atoms. The minimum atomic E-state index is -0.219. The number of amides is 2. The third kappa shape index (κ3) is 4.62. The molecule has 8 nitrogen and oxygen atoms in total. The fourth-order valence-electron chi connectivity index (χ4n) is 2.49. The first kappa shape index (κ1) is 18.6. The predicted molar refractivity (Wildman–Crippen MR) is 93.8 cm³/mol. The van der Waals surface area contributed by atoms with Crippen molar-refractivity contribution in [1.82, 2.24) is 25.0 Å². The van der Waals surface area contributed by atoms with Gasteiger partial charge in [-0.3, -0.25) is 4.68 Å². The molecule has 0 bridgehead atoms. The first-order valence-corrected chi connectivity index (χ1v) is 8.02. The maximum absolute atomic E-state index is 12.3. The highest BCUT2D eigenvalue weighted by atomic mass is 16.5. The number of carbonyl (C=O) groups is 1. The second kappa shape index (κ2) is 8.36. The number of nitrogens with one attached hydrogen (secondary N) is 1. The number of ether oxygens (including phenoxy) is 2. The smallest absolute Gasteiger partial charge is 0.317 e. The molecular weight excluding hydrogens is 322 g/mol. The van der Waals surface area contributed by atoms with E-state index in [0.29, 0.717) is 30.3 Å². The molecule has 0 spiro atoms. The second-order valence-electron chi connectivity index (χ2n) is 5.77. The number of hydrogen-bond donors (Lipinski definition) is 1. The fourth-order valence-corrected chi connectivity index (χ4v) is 2.49. The van der Waals surface area contributed by atoms with Gasteiger partial charge in [-0.1, -0.05) is 6.07 Å². The van der Waals surface area contributed by atoms with Crippen molar-refractivity contribution >= 4 is 6.03 Å². The van der Waals surface area contributed by atoms with Gasteiger partial charge in [-0.15, -0.1) is 0 Å². The third-order valence-electron chi connectivity index (χ3n) is 4.00. The van der Waals surface area contributed by atoms with Crippen molar-refractivity contribution in [1.29, 1.82) is 0 Å². The van der Waals surface area contributed by atoms with Crippen molar-refractivity contribution in [2.75, 3.05) is 27.8 Å². The average molecular weight is 347 g/mol. The largest absolute Gasteiger partial charge is 0.493 e. The van der Waals surface area contributed by atoms with Crippen LogP contribution in [0.3, 0.4) is 0 Å². The predicted octanol–water partition coefficient (Wildman–Crippen LogP) is 1.78. The summed E-state index contributed by atoms with van der Waals surface area (Å²) in [5, 5.41) is 6.93. The first-order valence-electron chi connectivity index (χ1n) is 8.02. The molecule has 1 aromatic heterocycles. The molecule has 0 saturated heterocycles. The number of likely N-dealkylation sites (N-methyl/N-ethyl adjacent to an activating group) is 1. The molecular formula is C17H25N5O3. The molecule has 2 amide bonds.